The first-order chi connectivity index (χ1) is 5.66. The fraction of sp³-hybridized carbons (Fsp3) is 0.200. The van der Waals surface area contributed by atoms with E-state index in [0.717, 1.165) is 11.1 Å². The molecule has 64 valence electrons. The van der Waals surface area contributed by atoms with Crippen LogP contribution in [-0.2, 0) is 0 Å². The lowest BCUT2D eigenvalue weighted by atomic mass is 10.0. The first kappa shape index (κ1) is 9.46. The first-order valence-electron chi connectivity index (χ1n) is 3.66. The molecule has 0 fully saturated rings. The Morgan fingerprint density at radius 1 is 1.58 bits per heavy atom. The smallest absolute Gasteiger partial charge is 0.126 e. The van der Waals surface area contributed by atoms with Gasteiger partial charge >= 0.3 is 0 Å². The fourth-order valence-corrected chi connectivity index (χ4v) is 1.36. The molecule has 0 saturated carbocycles. The molecule has 0 spiro atoms. The Morgan fingerprint density at radius 2 is 2.25 bits per heavy atom. The Labute approximate surface area is 80.2 Å². The Kier molecular flexibility index (Phi) is 3.04. The quantitative estimate of drug-likeness (QED) is 0.680. The number of alkyl halides is 1. The van der Waals surface area contributed by atoms with Crippen LogP contribution in [0.4, 0.5) is 4.39 Å². The highest BCUT2D eigenvalue weighted by atomic mass is 79.9. The van der Waals surface area contributed by atoms with Gasteiger partial charge in [0.25, 0.3) is 0 Å². The van der Waals surface area contributed by atoms with E-state index in [9.17, 15) is 4.39 Å². The van der Waals surface area contributed by atoms with Gasteiger partial charge in [-0.2, -0.15) is 0 Å². The van der Waals surface area contributed by atoms with Crippen molar-refractivity contribution in [1.82, 2.24) is 0 Å². The predicted octanol–water partition coefficient (Wildman–Crippen LogP) is 3.54. The second-order valence-electron chi connectivity index (χ2n) is 2.65. The van der Waals surface area contributed by atoms with Crippen LogP contribution in [0.3, 0.4) is 0 Å². The minimum absolute atomic E-state index is 0.172. The second-order valence-corrected chi connectivity index (χ2v) is 3.21. The molecule has 0 aliphatic carbocycles. The lowest BCUT2D eigenvalue weighted by Gasteiger charge is -2.06. The van der Waals surface area contributed by atoms with Crippen molar-refractivity contribution in [2.45, 2.75) is 6.92 Å². The third kappa shape index (κ3) is 1.75. The number of hydrogen-bond acceptors (Lipinski definition) is 0. The number of hydrogen-bond donors (Lipinski definition) is 0. The molecule has 0 unspecified atom stereocenters. The van der Waals surface area contributed by atoms with Crippen molar-refractivity contribution in [3.63, 3.8) is 0 Å². The van der Waals surface area contributed by atoms with Crippen molar-refractivity contribution in [3.8, 4) is 0 Å². The molecule has 0 N–H and O–H groups in total. The molecule has 0 amide bonds. The van der Waals surface area contributed by atoms with Crippen LogP contribution >= 0.6 is 15.9 Å². The molecule has 1 aromatic rings. The maximum atomic E-state index is 13.0. The molecular weight excluding hydrogens is 219 g/mol. The highest BCUT2D eigenvalue weighted by Crippen LogP contribution is 2.20. The maximum Gasteiger partial charge on any atom is 0.126 e. The first-order valence-corrected chi connectivity index (χ1v) is 4.78. The van der Waals surface area contributed by atoms with Crippen LogP contribution in [0.5, 0.6) is 0 Å². The van der Waals surface area contributed by atoms with Gasteiger partial charge in [0.1, 0.15) is 5.82 Å². The third-order valence-electron chi connectivity index (χ3n) is 1.81. The zero-order chi connectivity index (χ0) is 9.14. The van der Waals surface area contributed by atoms with Crippen molar-refractivity contribution < 1.29 is 4.39 Å². The number of halogens is 2. The van der Waals surface area contributed by atoms with Gasteiger partial charge in [0.05, 0.1) is 0 Å². The van der Waals surface area contributed by atoms with Crippen molar-refractivity contribution in [3.05, 3.63) is 41.7 Å². The standard InChI is InChI=1S/C10H10BrF/c1-7(6-11)9-4-3-5-10(12)8(9)2/h3-5H,1,6H2,2H3. The van der Waals surface area contributed by atoms with E-state index >= 15 is 0 Å². The summed E-state index contributed by atoms with van der Waals surface area (Å²) in [7, 11) is 0. The van der Waals surface area contributed by atoms with Gasteiger partial charge in [0.2, 0.25) is 0 Å². The normalized spacial score (nSPS) is 9.92. The van der Waals surface area contributed by atoms with Gasteiger partial charge in [-0.1, -0.05) is 34.6 Å². The molecular formula is C10H10BrF. The van der Waals surface area contributed by atoms with E-state index in [1.807, 2.05) is 6.07 Å². The van der Waals surface area contributed by atoms with Gasteiger partial charge in [0, 0.05) is 5.33 Å². The summed E-state index contributed by atoms with van der Waals surface area (Å²) < 4.78 is 13.0. The predicted molar refractivity (Wildman–Crippen MR) is 54.0 cm³/mol. The maximum absolute atomic E-state index is 13.0. The monoisotopic (exact) mass is 228 g/mol. The van der Waals surface area contributed by atoms with Crippen LogP contribution in [0.15, 0.2) is 24.8 Å². The Balaban J connectivity index is 3.16. The van der Waals surface area contributed by atoms with Crippen LogP contribution in [-0.4, -0.2) is 5.33 Å². The average molecular weight is 229 g/mol. The Hall–Kier alpha value is -0.630. The van der Waals surface area contributed by atoms with Gasteiger partial charge < -0.3 is 0 Å². The van der Waals surface area contributed by atoms with E-state index in [4.69, 9.17) is 0 Å². The van der Waals surface area contributed by atoms with Crippen LogP contribution in [0, 0.1) is 12.7 Å². The van der Waals surface area contributed by atoms with Gasteiger partial charge in [-0.15, -0.1) is 0 Å². The van der Waals surface area contributed by atoms with Gasteiger partial charge in [0.15, 0.2) is 0 Å². The lowest BCUT2D eigenvalue weighted by Crippen LogP contribution is -1.91. The number of allylic oxidation sites excluding steroid dienone is 1. The van der Waals surface area contributed by atoms with Crippen LogP contribution in [0.1, 0.15) is 11.1 Å². The van der Waals surface area contributed by atoms with E-state index in [0.29, 0.717) is 10.9 Å². The molecule has 2 heteroatoms. The summed E-state index contributed by atoms with van der Waals surface area (Å²) in [5.74, 6) is -0.172. The summed E-state index contributed by atoms with van der Waals surface area (Å²) in [4.78, 5) is 0. The molecule has 0 bridgehead atoms. The summed E-state index contributed by atoms with van der Waals surface area (Å²) in [6.45, 7) is 5.59. The Morgan fingerprint density at radius 3 is 2.83 bits per heavy atom. The minimum Gasteiger partial charge on any atom is -0.207 e. The summed E-state index contributed by atoms with van der Waals surface area (Å²) in [5.41, 5.74) is 2.47. The van der Waals surface area contributed by atoms with Crippen molar-refractivity contribution >= 4 is 21.5 Å². The number of benzene rings is 1. The summed E-state index contributed by atoms with van der Waals surface area (Å²) >= 11 is 3.29. The fourth-order valence-electron chi connectivity index (χ4n) is 1.06. The summed E-state index contributed by atoms with van der Waals surface area (Å²) in [6, 6.07) is 5.04. The van der Waals surface area contributed by atoms with E-state index < -0.39 is 0 Å². The second kappa shape index (κ2) is 3.85. The highest BCUT2D eigenvalue weighted by molar-refractivity contribution is 9.09. The van der Waals surface area contributed by atoms with Gasteiger partial charge in [-0.3, -0.25) is 0 Å². The summed E-state index contributed by atoms with van der Waals surface area (Å²) in [6.07, 6.45) is 0. The molecule has 0 aromatic heterocycles. The molecule has 0 atom stereocenters. The van der Waals surface area contributed by atoms with Crippen LogP contribution in [0.25, 0.3) is 5.57 Å². The molecule has 12 heavy (non-hydrogen) atoms. The van der Waals surface area contributed by atoms with E-state index in [-0.39, 0.29) is 5.82 Å². The van der Waals surface area contributed by atoms with E-state index in [1.54, 1.807) is 13.0 Å². The topological polar surface area (TPSA) is 0 Å². The molecule has 0 radical (unpaired) electrons. The molecule has 0 saturated heterocycles. The van der Waals surface area contributed by atoms with Crippen molar-refractivity contribution in [1.29, 1.82) is 0 Å². The average Bonchev–Trinajstić information content (AvgIpc) is 2.08. The number of rotatable bonds is 2. The SMILES string of the molecule is C=C(CBr)c1cccc(F)c1C. The molecule has 0 aliphatic rings. The van der Waals surface area contributed by atoms with E-state index in [1.165, 1.54) is 6.07 Å². The molecule has 1 aromatic carbocycles. The van der Waals surface area contributed by atoms with Crippen LogP contribution < -0.4 is 0 Å². The van der Waals surface area contributed by atoms with Crippen molar-refractivity contribution in [2.75, 3.05) is 5.33 Å². The molecule has 0 heterocycles. The van der Waals surface area contributed by atoms with Gasteiger partial charge in [-0.25, -0.2) is 4.39 Å². The molecule has 0 nitrogen and oxygen atoms in total. The van der Waals surface area contributed by atoms with Crippen LogP contribution in [0.2, 0.25) is 0 Å². The minimum atomic E-state index is -0.172. The third-order valence-corrected chi connectivity index (χ3v) is 2.49. The largest absolute Gasteiger partial charge is 0.207 e. The van der Waals surface area contributed by atoms with E-state index in [2.05, 4.69) is 22.5 Å². The lowest BCUT2D eigenvalue weighted by molar-refractivity contribution is 0.618. The van der Waals surface area contributed by atoms with Gasteiger partial charge in [-0.05, 0) is 29.7 Å². The molecule has 1 rings (SSSR count). The Bertz CT molecular complexity index is 305. The highest BCUT2D eigenvalue weighted by Gasteiger charge is 2.04. The van der Waals surface area contributed by atoms with Crippen molar-refractivity contribution in [2.24, 2.45) is 0 Å². The zero-order valence-corrected chi connectivity index (χ0v) is 8.49. The summed E-state index contributed by atoms with van der Waals surface area (Å²) in [5, 5.41) is 0.678. The molecule has 0 aliphatic heterocycles. The zero-order valence-electron chi connectivity index (χ0n) is 6.90.